The van der Waals surface area contributed by atoms with E-state index in [-0.39, 0.29) is 0 Å². The van der Waals surface area contributed by atoms with Gasteiger partial charge in [-0.1, -0.05) is 42.5 Å². The van der Waals surface area contributed by atoms with Crippen molar-refractivity contribution in [2.24, 2.45) is 0 Å². The maximum Gasteiger partial charge on any atom is 0.215 e. The monoisotopic (exact) mass is 379 g/mol. The number of hydrogen-bond donors (Lipinski definition) is 1. The van der Waals surface area contributed by atoms with Crippen molar-refractivity contribution in [1.82, 2.24) is 5.32 Å². The van der Waals surface area contributed by atoms with Gasteiger partial charge in [-0.05, 0) is 45.8 Å². The predicted molar refractivity (Wildman–Crippen MR) is 109 cm³/mol. The number of nitrogens with zero attached hydrogens (tertiary/aromatic N) is 1. The molecule has 0 unspecified atom stereocenters. The van der Waals surface area contributed by atoms with Crippen LogP contribution in [0.4, 0.5) is 0 Å². The van der Waals surface area contributed by atoms with Crippen LogP contribution in [0.25, 0.3) is 33.5 Å². The van der Waals surface area contributed by atoms with Gasteiger partial charge >= 0.3 is 0 Å². The molecule has 4 heteroatoms. The Morgan fingerprint density at radius 2 is 1.35 bits per heavy atom. The zero-order chi connectivity index (χ0) is 17.9. The molecule has 0 spiro atoms. The molecule has 0 bridgehead atoms. The molecule has 3 aromatic rings. The fourth-order valence-corrected chi connectivity index (χ4v) is 4.71. The average molecular weight is 380 g/mol. The molecule has 0 saturated heterocycles. The normalized spacial score (nSPS) is 16.7. The van der Waals surface area contributed by atoms with Crippen LogP contribution in [0.1, 0.15) is 5.56 Å². The summed E-state index contributed by atoms with van der Waals surface area (Å²) in [5, 5.41) is 11.5. The second-order valence-electron chi connectivity index (χ2n) is 7.03. The number of hydrogen-bond acceptors (Lipinski definition) is 1. The number of rotatable bonds is 2. The van der Waals surface area contributed by atoms with Gasteiger partial charge in [-0.25, -0.2) is 4.48 Å². The Morgan fingerprint density at radius 1 is 0.769 bits per heavy atom. The average Bonchev–Trinajstić information content (AvgIpc) is 2.67. The second-order valence-corrected chi connectivity index (χ2v) is 7.74. The Hall–Kier alpha value is -2.26. The summed E-state index contributed by atoms with van der Waals surface area (Å²) < 4.78 is 0.375. The van der Waals surface area contributed by atoms with E-state index >= 15 is 0 Å². The molecule has 0 saturated carbocycles. The van der Waals surface area contributed by atoms with Crippen molar-refractivity contribution < 1.29 is 4.48 Å². The predicted octanol–water partition coefficient (Wildman–Crippen LogP) is 2.19. The molecule has 0 aliphatic carbocycles. The summed E-state index contributed by atoms with van der Waals surface area (Å²) in [6.45, 7) is 0.711. The summed E-state index contributed by atoms with van der Waals surface area (Å²) in [7, 11) is 2.08. The smallest absolute Gasteiger partial charge is 0.215 e. The third-order valence-corrected chi connectivity index (χ3v) is 6.51. The zero-order valence-corrected chi connectivity index (χ0v) is 15.8. The number of quaternary nitrogens is 1. The molecule has 0 aromatic heterocycles. The summed E-state index contributed by atoms with van der Waals surface area (Å²) in [5.41, 5.74) is 1.20. The molecule has 2 aliphatic rings. The highest BCUT2D eigenvalue weighted by atomic mass is 35.5. The molecule has 5 rings (SSSR count). The second kappa shape index (κ2) is 5.62. The molecule has 26 heavy (non-hydrogen) atoms. The van der Waals surface area contributed by atoms with Gasteiger partial charge < -0.3 is 5.32 Å². The lowest BCUT2D eigenvalue weighted by atomic mass is 9.99. The molecule has 2 nitrogen and oxygen atoms in total. The molecule has 3 aromatic carbocycles. The highest BCUT2D eigenvalue weighted by Crippen LogP contribution is 2.34. The van der Waals surface area contributed by atoms with E-state index in [0.717, 1.165) is 36.6 Å². The standard InChI is InChI=1S/C22H17Cl2N2/c1-26(13-14-5-3-2-4-6-14)21(23)17-9-7-15-11-25-12-16-8-10-18(22(26)24)20(17)19(15)16/h2-12,25H,13H2,1H3/q+1. The van der Waals surface area contributed by atoms with Crippen molar-refractivity contribution in [2.75, 3.05) is 7.05 Å². The SMILES string of the molecule is C[N+]1(Cc2ccccc2)C(Cl)=c2ccc3c4c(ccc(c24)=C1Cl)=CNC=3. The van der Waals surface area contributed by atoms with E-state index in [9.17, 15) is 0 Å². The van der Waals surface area contributed by atoms with Gasteiger partial charge in [0.25, 0.3) is 0 Å². The largest absolute Gasteiger partial charge is 0.366 e. The van der Waals surface area contributed by atoms with Crippen molar-refractivity contribution in [3.05, 3.63) is 81.0 Å². The molecule has 0 amide bonds. The van der Waals surface area contributed by atoms with Crippen LogP contribution in [0, 0.1) is 0 Å². The third kappa shape index (κ3) is 2.10. The minimum absolute atomic E-state index is 0.375. The summed E-state index contributed by atoms with van der Waals surface area (Å²) >= 11 is 14.0. The topological polar surface area (TPSA) is 12.0 Å². The molecule has 0 atom stereocenters. The summed E-state index contributed by atoms with van der Waals surface area (Å²) in [5.74, 6) is 0. The van der Waals surface area contributed by atoms with Crippen molar-refractivity contribution in [2.45, 2.75) is 6.54 Å². The first-order chi connectivity index (χ1) is 12.6. The van der Waals surface area contributed by atoms with E-state index in [2.05, 4.69) is 48.8 Å². The fraction of sp³-hybridized carbons (Fsp3) is 0.0909. The van der Waals surface area contributed by atoms with E-state index in [1.54, 1.807) is 0 Å². The fourth-order valence-electron chi connectivity index (χ4n) is 4.06. The quantitative estimate of drug-likeness (QED) is 0.531. The molecule has 128 valence electrons. The Labute approximate surface area is 161 Å². The van der Waals surface area contributed by atoms with E-state index in [1.165, 1.54) is 10.9 Å². The van der Waals surface area contributed by atoms with Crippen LogP contribution in [0.15, 0.2) is 54.6 Å². The van der Waals surface area contributed by atoms with E-state index < -0.39 is 0 Å². The lowest BCUT2D eigenvalue weighted by molar-refractivity contribution is -0.773. The van der Waals surface area contributed by atoms with E-state index in [0.29, 0.717) is 11.0 Å². The molecule has 0 fully saturated rings. The van der Waals surface area contributed by atoms with Crippen LogP contribution in [-0.4, -0.2) is 11.5 Å². The molecule has 1 N–H and O–H groups in total. The lowest BCUT2D eigenvalue weighted by Gasteiger charge is -2.34. The maximum absolute atomic E-state index is 6.98. The van der Waals surface area contributed by atoms with Gasteiger partial charge in [0, 0.05) is 28.7 Å². The van der Waals surface area contributed by atoms with Crippen LogP contribution < -0.4 is 26.2 Å². The Bertz CT molecular complexity index is 1230. The molecular formula is C22H17Cl2N2+. The van der Waals surface area contributed by atoms with E-state index in [1.807, 2.05) is 30.6 Å². The van der Waals surface area contributed by atoms with Crippen LogP contribution in [0.2, 0.25) is 0 Å². The highest BCUT2D eigenvalue weighted by molar-refractivity contribution is 6.48. The summed E-state index contributed by atoms with van der Waals surface area (Å²) in [4.78, 5) is 0. The molecule has 0 radical (unpaired) electrons. The van der Waals surface area contributed by atoms with Crippen molar-refractivity contribution >= 4 is 56.7 Å². The maximum atomic E-state index is 6.98. The Kier molecular flexibility index (Phi) is 3.45. The van der Waals surface area contributed by atoms with Gasteiger partial charge in [-0.3, -0.25) is 0 Å². The van der Waals surface area contributed by atoms with E-state index in [4.69, 9.17) is 23.2 Å². The lowest BCUT2D eigenvalue weighted by Crippen LogP contribution is -2.46. The molecule has 2 heterocycles. The summed E-state index contributed by atoms with van der Waals surface area (Å²) in [6, 6.07) is 18.8. The number of nitrogens with one attached hydrogen (secondary N) is 1. The van der Waals surface area contributed by atoms with Crippen molar-refractivity contribution in [1.29, 1.82) is 0 Å². The van der Waals surface area contributed by atoms with Gasteiger partial charge in [0.05, 0.1) is 17.5 Å². The first-order valence-electron chi connectivity index (χ1n) is 8.58. The number of benzene rings is 3. The Balaban J connectivity index is 1.90. The van der Waals surface area contributed by atoms with Crippen LogP contribution >= 0.6 is 23.2 Å². The van der Waals surface area contributed by atoms with Crippen LogP contribution in [-0.2, 0) is 6.54 Å². The van der Waals surface area contributed by atoms with Crippen molar-refractivity contribution in [3.63, 3.8) is 0 Å². The minimum atomic E-state index is 0.375. The van der Waals surface area contributed by atoms with Gasteiger partial charge in [-0.2, -0.15) is 0 Å². The first-order valence-corrected chi connectivity index (χ1v) is 9.33. The van der Waals surface area contributed by atoms with Gasteiger partial charge in [0.15, 0.2) is 0 Å². The molecule has 2 aliphatic heterocycles. The van der Waals surface area contributed by atoms with Gasteiger partial charge in [0.1, 0.15) is 6.54 Å². The molecular weight excluding hydrogens is 363 g/mol. The first kappa shape index (κ1) is 16.0. The number of halogens is 2. The van der Waals surface area contributed by atoms with Crippen molar-refractivity contribution in [3.8, 4) is 0 Å². The highest BCUT2D eigenvalue weighted by Gasteiger charge is 2.36. The zero-order valence-electron chi connectivity index (χ0n) is 14.3. The van der Waals surface area contributed by atoms with Crippen LogP contribution in [0.5, 0.6) is 0 Å². The third-order valence-electron chi connectivity index (χ3n) is 5.36. The van der Waals surface area contributed by atoms with Crippen LogP contribution in [0.3, 0.4) is 0 Å². The van der Waals surface area contributed by atoms with Gasteiger partial charge in [-0.15, -0.1) is 0 Å². The van der Waals surface area contributed by atoms with Gasteiger partial charge in [0.2, 0.25) is 10.3 Å². The minimum Gasteiger partial charge on any atom is -0.366 e. The Morgan fingerprint density at radius 3 is 1.92 bits per heavy atom. The summed E-state index contributed by atoms with van der Waals surface area (Å²) in [6.07, 6.45) is 4.04.